The lowest BCUT2D eigenvalue weighted by molar-refractivity contribution is -0.135. The van der Waals surface area contributed by atoms with E-state index in [0.29, 0.717) is 22.9 Å². The highest BCUT2D eigenvalue weighted by atomic mass is 35.5. The third-order valence-electron chi connectivity index (χ3n) is 7.35. The van der Waals surface area contributed by atoms with Crippen LogP contribution in [0.2, 0.25) is 5.02 Å². The second-order valence-electron chi connectivity index (χ2n) is 10.7. The van der Waals surface area contributed by atoms with Crippen LogP contribution in [0, 0.1) is 18.8 Å². The Labute approximate surface area is 256 Å². The number of aromatic nitrogens is 2. The molecule has 0 bridgehead atoms. The van der Waals surface area contributed by atoms with Gasteiger partial charge in [-0.1, -0.05) is 99.2 Å². The molecule has 1 aliphatic carbocycles. The Morgan fingerprint density at radius 2 is 1.66 bits per heavy atom. The number of rotatable bonds is 10. The van der Waals surface area contributed by atoms with Crippen molar-refractivity contribution in [1.82, 2.24) is 14.9 Å². The molecule has 1 saturated carbocycles. The van der Waals surface area contributed by atoms with Gasteiger partial charge in [0.1, 0.15) is 5.82 Å². The van der Waals surface area contributed by atoms with Crippen LogP contribution in [0.15, 0.2) is 36.4 Å². The molecule has 3 unspecified atom stereocenters. The number of fused-ring (bicyclic) bond motifs is 1. The van der Waals surface area contributed by atoms with Gasteiger partial charge < -0.3 is 14.8 Å². The highest BCUT2D eigenvalue weighted by molar-refractivity contribution is 6.33. The summed E-state index contributed by atoms with van der Waals surface area (Å²) >= 11 is 6.56. The number of carbonyl (C=O) groups is 1. The first kappa shape index (κ1) is 36.5. The van der Waals surface area contributed by atoms with Crippen LogP contribution in [0.1, 0.15) is 100.0 Å². The number of unbranched alkanes of at least 4 members (excludes halogenated alkanes) is 1. The number of halogens is 1. The van der Waals surface area contributed by atoms with Crippen molar-refractivity contribution >= 4 is 34.2 Å². The molecule has 1 aliphatic rings. The van der Waals surface area contributed by atoms with Crippen molar-refractivity contribution in [3.05, 3.63) is 47.0 Å². The van der Waals surface area contributed by atoms with Gasteiger partial charge in [-0.25, -0.2) is 4.98 Å². The first-order valence-electron chi connectivity index (χ1n) is 16.0. The van der Waals surface area contributed by atoms with E-state index in [-0.39, 0.29) is 5.92 Å². The van der Waals surface area contributed by atoms with Crippen molar-refractivity contribution in [1.29, 1.82) is 0 Å². The summed E-state index contributed by atoms with van der Waals surface area (Å²) in [4.78, 5) is 25.6. The fourth-order valence-corrected chi connectivity index (χ4v) is 4.79. The van der Waals surface area contributed by atoms with Gasteiger partial charge in [0.05, 0.1) is 16.1 Å². The quantitative estimate of drug-likeness (QED) is 0.258. The first-order valence-corrected chi connectivity index (χ1v) is 16.4. The summed E-state index contributed by atoms with van der Waals surface area (Å²) in [5.74, 6) is 1.76. The average Bonchev–Trinajstić information content (AvgIpc) is 3.56. The molecular weight excluding hydrogens is 528 g/mol. The molecule has 230 valence electrons. The maximum atomic E-state index is 13.1. The first-order chi connectivity index (χ1) is 19.7. The Kier molecular flexibility index (Phi) is 16.7. The number of nitrogens with zero attached hydrogens (tertiary/aromatic N) is 3. The van der Waals surface area contributed by atoms with Crippen LogP contribution >= 0.6 is 11.6 Å². The summed E-state index contributed by atoms with van der Waals surface area (Å²) < 4.78 is 0. The van der Waals surface area contributed by atoms with Gasteiger partial charge in [0, 0.05) is 43.3 Å². The van der Waals surface area contributed by atoms with E-state index in [2.05, 4.69) is 81.6 Å². The molecule has 0 aliphatic heterocycles. The predicted molar refractivity (Wildman–Crippen MR) is 181 cm³/mol. The van der Waals surface area contributed by atoms with E-state index in [9.17, 15) is 4.79 Å². The molecule has 2 aromatic carbocycles. The van der Waals surface area contributed by atoms with Crippen LogP contribution in [0.25, 0.3) is 22.4 Å². The second kappa shape index (κ2) is 18.8. The van der Waals surface area contributed by atoms with Crippen molar-refractivity contribution in [3.63, 3.8) is 0 Å². The molecule has 5 nitrogen and oxygen atoms in total. The zero-order valence-electron chi connectivity index (χ0n) is 27.8. The summed E-state index contributed by atoms with van der Waals surface area (Å²) in [7, 11) is 2.07. The fourth-order valence-electron chi connectivity index (χ4n) is 4.59. The van der Waals surface area contributed by atoms with Gasteiger partial charge in [-0.05, 0) is 61.6 Å². The highest BCUT2D eigenvalue weighted by Crippen LogP contribution is 2.36. The van der Waals surface area contributed by atoms with Crippen molar-refractivity contribution in [2.45, 2.75) is 107 Å². The Hall–Kier alpha value is -2.53. The number of aryl methyl sites for hydroxylation is 1. The van der Waals surface area contributed by atoms with E-state index < -0.39 is 0 Å². The zero-order valence-corrected chi connectivity index (χ0v) is 28.5. The number of anilines is 1. The van der Waals surface area contributed by atoms with Crippen LogP contribution in [0.4, 0.5) is 5.69 Å². The highest BCUT2D eigenvalue weighted by Gasteiger charge is 2.41. The summed E-state index contributed by atoms with van der Waals surface area (Å²) in [6, 6.07) is 12.6. The minimum absolute atomic E-state index is 0.0898. The predicted octanol–water partition coefficient (Wildman–Crippen LogP) is 10.2. The lowest BCUT2D eigenvalue weighted by Crippen LogP contribution is -2.42. The zero-order chi connectivity index (χ0) is 31.1. The molecule has 1 aromatic heterocycles. The molecule has 3 atom stereocenters. The van der Waals surface area contributed by atoms with Gasteiger partial charge in [0.2, 0.25) is 5.91 Å². The number of aromatic amines is 1. The molecule has 1 fully saturated rings. The van der Waals surface area contributed by atoms with Gasteiger partial charge in [-0.15, -0.1) is 0 Å². The SMILES string of the molecule is CC.CC.CCCC.CCCC(C)C(=O)N(CCN(C)c1ccc(Cl)c(-c2nc3ccc(C)cc3[nH]2)c1)C1CC1C. The Morgan fingerprint density at radius 3 is 2.22 bits per heavy atom. The number of carbonyl (C=O) groups excluding carboxylic acids is 1. The second-order valence-corrected chi connectivity index (χ2v) is 11.1. The van der Waals surface area contributed by atoms with Crippen LogP contribution in [0.3, 0.4) is 0 Å². The van der Waals surface area contributed by atoms with Crippen molar-refractivity contribution in [2.75, 3.05) is 25.0 Å². The van der Waals surface area contributed by atoms with Crippen molar-refractivity contribution in [3.8, 4) is 11.4 Å². The molecule has 0 radical (unpaired) electrons. The van der Waals surface area contributed by atoms with E-state index in [1.54, 1.807) is 0 Å². The van der Waals surface area contributed by atoms with Crippen molar-refractivity contribution < 1.29 is 4.79 Å². The van der Waals surface area contributed by atoms with Crippen LogP contribution in [-0.4, -0.2) is 47.0 Å². The molecule has 1 N–H and O–H groups in total. The Bertz CT molecular complexity index is 1170. The van der Waals surface area contributed by atoms with E-state index in [4.69, 9.17) is 16.6 Å². The molecule has 4 rings (SSSR count). The van der Waals surface area contributed by atoms with Gasteiger partial charge in [-0.2, -0.15) is 0 Å². The van der Waals surface area contributed by atoms with E-state index in [0.717, 1.165) is 60.5 Å². The number of imidazole rings is 1. The smallest absolute Gasteiger partial charge is 0.225 e. The standard InChI is InChI=1S/C27H35ClN4O.C4H10.2C2H6/c1-6-7-18(3)27(33)32(25-15-19(25)4)13-12-31(5)20-9-10-22(28)21(16-20)26-29-23-11-8-17(2)14-24(23)30-26;1-3-4-2;2*1-2/h8-11,14,16,18-19,25H,6-7,12-13,15H2,1-5H3,(H,29,30);3-4H2,1-2H3;2*1-2H3. The van der Waals surface area contributed by atoms with E-state index >= 15 is 0 Å². The summed E-state index contributed by atoms with van der Waals surface area (Å²) in [5, 5.41) is 0.667. The summed E-state index contributed by atoms with van der Waals surface area (Å²) in [5.41, 5.74) is 5.07. The molecule has 0 spiro atoms. The molecular formula is C35H57ClN4O. The van der Waals surface area contributed by atoms with Crippen LogP contribution in [0.5, 0.6) is 0 Å². The van der Waals surface area contributed by atoms with Crippen LogP contribution < -0.4 is 4.90 Å². The van der Waals surface area contributed by atoms with E-state index in [1.165, 1.54) is 18.4 Å². The summed E-state index contributed by atoms with van der Waals surface area (Å²) in [6.07, 6.45) is 5.74. The normalized spacial score (nSPS) is 15.8. The average molecular weight is 585 g/mol. The number of hydrogen-bond donors (Lipinski definition) is 1. The summed E-state index contributed by atoms with van der Waals surface area (Å²) in [6.45, 7) is 22.4. The lowest BCUT2D eigenvalue weighted by atomic mass is 10.0. The van der Waals surface area contributed by atoms with Gasteiger partial charge in [0.25, 0.3) is 0 Å². The maximum Gasteiger partial charge on any atom is 0.225 e. The molecule has 3 aromatic rings. The number of amides is 1. The maximum absolute atomic E-state index is 13.1. The lowest BCUT2D eigenvalue weighted by Gasteiger charge is -2.29. The number of nitrogens with one attached hydrogen (secondary N) is 1. The largest absolute Gasteiger partial charge is 0.373 e. The van der Waals surface area contributed by atoms with Gasteiger partial charge in [0.15, 0.2) is 0 Å². The third kappa shape index (κ3) is 10.7. The third-order valence-corrected chi connectivity index (χ3v) is 7.68. The number of H-pyrrole nitrogens is 1. The molecule has 41 heavy (non-hydrogen) atoms. The van der Waals surface area contributed by atoms with E-state index in [1.807, 2.05) is 45.9 Å². The van der Waals surface area contributed by atoms with Gasteiger partial charge >= 0.3 is 0 Å². The van der Waals surface area contributed by atoms with Crippen LogP contribution in [-0.2, 0) is 4.79 Å². The van der Waals surface area contributed by atoms with Gasteiger partial charge in [-0.3, -0.25) is 4.79 Å². The monoisotopic (exact) mass is 584 g/mol. The fraction of sp³-hybridized carbons (Fsp3) is 0.600. The minimum Gasteiger partial charge on any atom is -0.373 e. The number of hydrogen-bond acceptors (Lipinski definition) is 3. The molecule has 1 heterocycles. The molecule has 6 heteroatoms. The Balaban J connectivity index is 0.000000950. The van der Waals surface area contributed by atoms with Crippen molar-refractivity contribution in [2.24, 2.45) is 11.8 Å². The number of benzene rings is 2. The Morgan fingerprint density at radius 1 is 1.02 bits per heavy atom. The molecule has 0 saturated heterocycles. The minimum atomic E-state index is 0.0898. The molecule has 1 amide bonds. The number of likely N-dealkylation sites (N-methyl/N-ethyl adjacent to an activating group) is 1. The topological polar surface area (TPSA) is 52.2 Å².